The Labute approximate surface area is 173 Å². The number of halogens is 3. The molecule has 0 aliphatic rings. The molecule has 0 saturated carbocycles. The first-order chi connectivity index (χ1) is 13.9. The molecule has 0 unspecified atom stereocenters. The molecule has 1 heterocycles. The van der Waals surface area contributed by atoms with Crippen molar-refractivity contribution in [2.24, 2.45) is 0 Å². The van der Waals surface area contributed by atoms with Crippen LogP contribution < -0.4 is 10.1 Å². The van der Waals surface area contributed by atoms with Gasteiger partial charge in [-0.15, -0.1) is 0 Å². The molecule has 1 N–H and O–H groups in total. The lowest BCUT2D eigenvalue weighted by atomic mass is 9.83. The van der Waals surface area contributed by atoms with E-state index in [0.717, 1.165) is 4.68 Å². The van der Waals surface area contributed by atoms with Crippen molar-refractivity contribution in [3.8, 4) is 11.8 Å². The smallest absolute Gasteiger partial charge is 0.433 e. The van der Waals surface area contributed by atoms with Gasteiger partial charge in [-0.25, -0.2) is 0 Å². The van der Waals surface area contributed by atoms with Crippen LogP contribution in [0.1, 0.15) is 50.2 Å². The van der Waals surface area contributed by atoms with Gasteiger partial charge in [0.2, 0.25) is 5.91 Å². The molecule has 2 aromatic rings. The largest absolute Gasteiger partial charge is 0.497 e. The monoisotopic (exact) mass is 422 g/mol. The number of nitriles is 1. The predicted octanol–water partition coefficient (Wildman–Crippen LogP) is 3.83. The molecule has 1 aromatic carbocycles. The predicted molar refractivity (Wildman–Crippen MR) is 105 cm³/mol. The van der Waals surface area contributed by atoms with E-state index in [1.165, 1.54) is 21.0 Å². The number of benzene rings is 1. The molecule has 0 bridgehead atoms. The van der Waals surface area contributed by atoms with Crippen molar-refractivity contribution in [1.29, 1.82) is 5.26 Å². The van der Waals surface area contributed by atoms with E-state index in [1.807, 2.05) is 6.07 Å². The normalized spacial score (nSPS) is 12.0. The van der Waals surface area contributed by atoms with E-state index in [0.29, 0.717) is 11.3 Å². The van der Waals surface area contributed by atoms with Gasteiger partial charge in [0.15, 0.2) is 0 Å². The van der Waals surface area contributed by atoms with Crippen LogP contribution in [-0.4, -0.2) is 28.8 Å². The summed E-state index contributed by atoms with van der Waals surface area (Å²) in [5, 5.41) is 16.3. The standard InChI is InChI=1S/C21H25F3N4O2/c1-13(2)26-17(29)10-16-18(20(3,4)12-25)19(21(22,23)24)28(27-16)11-14-6-8-15(30-5)9-7-14/h6-9,13H,10-11H2,1-5H3,(H,26,29). The van der Waals surface area contributed by atoms with Gasteiger partial charge in [-0.2, -0.15) is 23.5 Å². The molecule has 1 amide bonds. The number of methoxy groups -OCH3 is 1. The molecule has 0 fully saturated rings. The molecule has 0 atom stereocenters. The first-order valence-corrected chi connectivity index (χ1v) is 9.40. The van der Waals surface area contributed by atoms with Gasteiger partial charge >= 0.3 is 6.18 Å². The van der Waals surface area contributed by atoms with Crippen molar-refractivity contribution in [2.75, 3.05) is 7.11 Å². The maximum Gasteiger partial charge on any atom is 0.433 e. The van der Waals surface area contributed by atoms with E-state index in [4.69, 9.17) is 4.74 Å². The minimum atomic E-state index is -4.75. The Morgan fingerprint density at radius 3 is 2.33 bits per heavy atom. The third-order valence-corrected chi connectivity index (χ3v) is 4.47. The lowest BCUT2D eigenvalue weighted by molar-refractivity contribution is -0.145. The summed E-state index contributed by atoms with van der Waals surface area (Å²) >= 11 is 0. The number of hydrogen-bond acceptors (Lipinski definition) is 4. The molecular weight excluding hydrogens is 397 g/mol. The van der Waals surface area contributed by atoms with Gasteiger partial charge in [0.1, 0.15) is 11.4 Å². The van der Waals surface area contributed by atoms with Crippen molar-refractivity contribution >= 4 is 5.91 Å². The highest BCUT2D eigenvalue weighted by molar-refractivity contribution is 5.79. The Balaban J connectivity index is 2.61. The Morgan fingerprint density at radius 2 is 1.87 bits per heavy atom. The van der Waals surface area contributed by atoms with Crippen molar-refractivity contribution in [1.82, 2.24) is 15.1 Å². The van der Waals surface area contributed by atoms with Crippen LogP contribution in [0.15, 0.2) is 24.3 Å². The molecule has 0 radical (unpaired) electrons. The Hall–Kier alpha value is -3.02. The second-order valence-corrected chi connectivity index (χ2v) is 7.81. The molecule has 162 valence electrons. The Kier molecular flexibility index (Phi) is 6.80. The summed E-state index contributed by atoms with van der Waals surface area (Å²) in [6, 6.07) is 8.31. The highest BCUT2D eigenvalue weighted by Crippen LogP contribution is 2.40. The molecule has 0 saturated heterocycles. The zero-order valence-corrected chi connectivity index (χ0v) is 17.6. The Bertz CT molecular complexity index is 939. The van der Waals surface area contributed by atoms with E-state index in [2.05, 4.69) is 10.4 Å². The topological polar surface area (TPSA) is 79.9 Å². The fourth-order valence-corrected chi connectivity index (χ4v) is 3.18. The second kappa shape index (κ2) is 8.78. The maximum absolute atomic E-state index is 14.1. The van der Waals surface area contributed by atoms with Gasteiger partial charge in [-0.3, -0.25) is 9.48 Å². The summed E-state index contributed by atoms with van der Waals surface area (Å²) < 4.78 is 48.1. The lowest BCUT2D eigenvalue weighted by Crippen LogP contribution is -2.32. The molecule has 0 aliphatic carbocycles. The van der Waals surface area contributed by atoms with Crippen LogP contribution in [0.25, 0.3) is 0 Å². The number of carbonyl (C=O) groups is 1. The van der Waals surface area contributed by atoms with Crippen molar-refractivity contribution in [3.63, 3.8) is 0 Å². The van der Waals surface area contributed by atoms with Gasteiger partial charge in [0.25, 0.3) is 0 Å². The van der Waals surface area contributed by atoms with E-state index >= 15 is 0 Å². The number of nitrogens with one attached hydrogen (secondary N) is 1. The average molecular weight is 422 g/mol. The summed E-state index contributed by atoms with van der Waals surface area (Å²) in [4.78, 5) is 12.3. The van der Waals surface area contributed by atoms with Crippen LogP contribution in [0.3, 0.4) is 0 Å². The van der Waals surface area contributed by atoms with Crippen molar-refractivity contribution in [2.45, 2.75) is 58.3 Å². The number of hydrogen-bond donors (Lipinski definition) is 1. The summed E-state index contributed by atoms with van der Waals surface area (Å²) in [6.07, 6.45) is -5.10. The minimum Gasteiger partial charge on any atom is -0.497 e. The fourth-order valence-electron chi connectivity index (χ4n) is 3.18. The number of aromatic nitrogens is 2. The van der Waals surface area contributed by atoms with Crippen LogP contribution in [0.2, 0.25) is 0 Å². The van der Waals surface area contributed by atoms with Crippen LogP contribution in [-0.2, 0) is 29.4 Å². The summed E-state index contributed by atoms with van der Waals surface area (Å²) in [7, 11) is 1.50. The zero-order chi connectivity index (χ0) is 22.7. The second-order valence-electron chi connectivity index (χ2n) is 7.81. The summed E-state index contributed by atoms with van der Waals surface area (Å²) in [6.45, 7) is 6.11. The van der Waals surface area contributed by atoms with E-state index < -0.39 is 23.2 Å². The lowest BCUT2D eigenvalue weighted by Gasteiger charge is -2.20. The number of amides is 1. The average Bonchev–Trinajstić information content (AvgIpc) is 3.00. The number of alkyl halides is 3. The van der Waals surface area contributed by atoms with E-state index in [9.17, 15) is 23.2 Å². The molecular formula is C21H25F3N4O2. The van der Waals surface area contributed by atoms with Crippen molar-refractivity contribution < 1.29 is 22.7 Å². The van der Waals surface area contributed by atoms with Gasteiger partial charge in [0, 0.05) is 11.6 Å². The SMILES string of the molecule is COc1ccc(Cn2nc(CC(=O)NC(C)C)c(C(C)(C)C#N)c2C(F)(F)F)cc1. The third-order valence-electron chi connectivity index (χ3n) is 4.47. The summed E-state index contributed by atoms with van der Waals surface area (Å²) in [5.74, 6) is 0.121. The highest BCUT2D eigenvalue weighted by Gasteiger charge is 2.44. The molecule has 0 aliphatic heterocycles. The molecule has 6 nitrogen and oxygen atoms in total. The van der Waals surface area contributed by atoms with Gasteiger partial charge in [0.05, 0.1) is 37.3 Å². The number of nitrogens with zero attached hydrogens (tertiary/aromatic N) is 3. The molecule has 2 rings (SSSR count). The zero-order valence-electron chi connectivity index (χ0n) is 17.6. The molecule has 9 heteroatoms. The Morgan fingerprint density at radius 1 is 1.27 bits per heavy atom. The van der Waals surface area contributed by atoms with Gasteiger partial charge in [-0.05, 0) is 45.4 Å². The van der Waals surface area contributed by atoms with Crippen LogP contribution in [0.4, 0.5) is 13.2 Å². The first kappa shape index (κ1) is 23.3. The maximum atomic E-state index is 14.1. The van der Waals surface area contributed by atoms with Crippen LogP contribution in [0.5, 0.6) is 5.75 Å². The van der Waals surface area contributed by atoms with Gasteiger partial charge < -0.3 is 10.1 Å². The van der Waals surface area contributed by atoms with E-state index in [-0.39, 0.29) is 30.3 Å². The van der Waals surface area contributed by atoms with Gasteiger partial charge in [-0.1, -0.05) is 12.1 Å². The van der Waals surface area contributed by atoms with Crippen molar-refractivity contribution in [3.05, 3.63) is 46.8 Å². The number of carbonyl (C=O) groups excluding carboxylic acids is 1. The highest BCUT2D eigenvalue weighted by atomic mass is 19.4. The first-order valence-electron chi connectivity index (χ1n) is 9.40. The van der Waals surface area contributed by atoms with E-state index in [1.54, 1.807) is 38.1 Å². The molecule has 0 spiro atoms. The van der Waals surface area contributed by atoms with Crippen LogP contribution >= 0.6 is 0 Å². The number of rotatable bonds is 7. The third kappa shape index (κ3) is 5.32. The quantitative estimate of drug-likeness (QED) is 0.736. The molecule has 1 aromatic heterocycles. The fraction of sp³-hybridized carbons (Fsp3) is 0.476. The minimum absolute atomic E-state index is 0.0551. The summed E-state index contributed by atoms with van der Waals surface area (Å²) in [5.41, 5.74) is -2.26. The number of ether oxygens (including phenoxy) is 1. The van der Waals surface area contributed by atoms with Crippen LogP contribution in [0, 0.1) is 11.3 Å². The molecule has 30 heavy (non-hydrogen) atoms.